The van der Waals surface area contributed by atoms with Gasteiger partial charge in [0.25, 0.3) is 5.91 Å². The molecule has 0 bridgehead atoms. The fourth-order valence-electron chi connectivity index (χ4n) is 3.81. The maximum absolute atomic E-state index is 13.2. The number of aryl methyl sites for hydroxylation is 1. The lowest BCUT2D eigenvalue weighted by atomic mass is 10.0. The van der Waals surface area contributed by atoms with E-state index in [1.165, 1.54) is 31.5 Å². The predicted octanol–water partition coefficient (Wildman–Crippen LogP) is 3.95. The maximum atomic E-state index is 13.2. The lowest BCUT2D eigenvalue weighted by Gasteiger charge is -2.19. The number of carbonyl (C=O) groups excluding carboxylic acids is 1. The smallest absolute Gasteiger partial charge is 0.408 e. The molecule has 32 heavy (non-hydrogen) atoms. The highest BCUT2D eigenvalue weighted by Gasteiger charge is 2.39. The molecule has 0 saturated heterocycles. The van der Waals surface area contributed by atoms with E-state index >= 15 is 0 Å². The normalized spacial score (nSPS) is 15.8. The molecule has 8 nitrogen and oxygen atoms in total. The van der Waals surface area contributed by atoms with Crippen LogP contribution in [-0.2, 0) is 6.54 Å². The first kappa shape index (κ1) is 21.6. The molecule has 0 radical (unpaired) electrons. The second-order valence-corrected chi connectivity index (χ2v) is 7.37. The SMILES string of the molecule is COc1cc(OC)c(-c2cc(C)c3c(n2)C(C)N(c2cnn(CC(F)(F)F)c2)C3=O)cn1. The Morgan fingerprint density at radius 2 is 1.91 bits per heavy atom. The fraction of sp³-hybridized carbons (Fsp3) is 0.333. The van der Waals surface area contributed by atoms with Crippen LogP contribution in [0.4, 0.5) is 18.9 Å². The molecule has 1 aliphatic rings. The van der Waals surface area contributed by atoms with Crippen LogP contribution in [0.3, 0.4) is 0 Å². The largest absolute Gasteiger partial charge is 0.496 e. The minimum atomic E-state index is -4.41. The Balaban J connectivity index is 1.73. The van der Waals surface area contributed by atoms with Crippen molar-refractivity contribution in [2.24, 2.45) is 0 Å². The molecule has 11 heteroatoms. The van der Waals surface area contributed by atoms with Gasteiger partial charge in [0, 0.05) is 18.5 Å². The number of alkyl halides is 3. The van der Waals surface area contributed by atoms with Gasteiger partial charge in [0.2, 0.25) is 5.88 Å². The van der Waals surface area contributed by atoms with Gasteiger partial charge in [-0.25, -0.2) is 9.97 Å². The average molecular weight is 447 g/mol. The van der Waals surface area contributed by atoms with Gasteiger partial charge in [0.15, 0.2) is 0 Å². The van der Waals surface area contributed by atoms with Crippen molar-refractivity contribution in [3.8, 4) is 22.9 Å². The monoisotopic (exact) mass is 447 g/mol. The molecule has 3 aromatic rings. The molecule has 1 atom stereocenters. The summed E-state index contributed by atoms with van der Waals surface area (Å²) in [5.41, 5.74) is 3.08. The van der Waals surface area contributed by atoms with Crippen molar-refractivity contribution in [2.75, 3.05) is 19.1 Å². The quantitative estimate of drug-likeness (QED) is 0.589. The Bertz CT molecular complexity index is 1190. The van der Waals surface area contributed by atoms with Crippen molar-refractivity contribution in [1.82, 2.24) is 19.7 Å². The van der Waals surface area contributed by atoms with Gasteiger partial charge >= 0.3 is 6.18 Å². The third kappa shape index (κ3) is 3.74. The molecule has 0 aromatic carbocycles. The van der Waals surface area contributed by atoms with Gasteiger partial charge in [-0.05, 0) is 25.5 Å². The van der Waals surface area contributed by atoms with Crippen molar-refractivity contribution in [3.05, 3.63) is 47.5 Å². The minimum absolute atomic E-state index is 0.273. The number of rotatable bonds is 5. The van der Waals surface area contributed by atoms with Crippen molar-refractivity contribution >= 4 is 11.6 Å². The third-order valence-electron chi connectivity index (χ3n) is 5.25. The molecule has 168 valence electrons. The number of nitrogens with zero attached hydrogens (tertiary/aromatic N) is 5. The van der Waals surface area contributed by atoms with E-state index in [9.17, 15) is 18.0 Å². The van der Waals surface area contributed by atoms with Crippen LogP contribution in [0.15, 0.2) is 30.7 Å². The number of carbonyl (C=O) groups is 1. The van der Waals surface area contributed by atoms with Gasteiger partial charge in [-0.3, -0.25) is 14.4 Å². The van der Waals surface area contributed by atoms with Crippen LogP contribution in [0.1, 0.15) is 34.6 Å². The van der Waals surface area contributed by atoms with E-state index in [0.717, 1.165) is 4.68 Å². The lowest BCUT2D eigenvalue weighted by molar-refractivity contribution is -0.142. The Morgan fingerprint density at radius 1 is 1.16 bits per heavy atom. The lowest BCUT2D eigenvalue weighted by Crippen LogP contribution is -2.26. The first-order chi connectivity index (χ1) is 15.1. The Morgan fingerprint density at radius 3 is 2.56 bits per heavy atom. The number of halogens is 3. The molecule has 1 amide bonds. The van der Waals surface area contributed by atoms with Crippen LogP contribution in [0.25, 0.3) is 11.3 Å². The van der Waals surface area contributed by atoms with Crippen molar-refractivity contribution in [1.29, 1.82) is 0 Å². The molecular formula is C21H20F3N5O3. The summed E-state index contributed by atoms with van der Waals surface area (Å²) < 4.78 is 49.4. The van der Waals surface area contributed by atoms with Crippen molar-refractivity contribution in [2.45, 2.75) is 32.6 Å². The van der Waals surface area contributed by atoms with Crippen LogP contribution in [0.5, 0.6) is 11.6 Å². The number of hydrogen-bond donors (Lipinski definition) is 0. The Labute approximate surface area is 181 Å². The van der Waals surface area contributed by atoms with E-state index in [1.54, 1.807) is 32.2 Å². The number of hydrogen-bond acceptors (Lipinski definition) is 6. The molecule has 0 aliphatic carbocycles. The first-order valence-corrected chi connectivity index (χ1v) is 9.65. The van der Waals surface area contributed by atoms with Crippen LogP contribution < -0.4 is 14.4 Å². The molecule has 0 saturated carbocycles. The summed E-state index contributed by atoms with van der Waals surface area (Å²) in [7, 11) is 3.02. The number of aromatic nitrogens is 4. The van der Waals surface area contributed by atoms with Crippen molar-refractivity contribution < 1.29 is 27.4 Å². The predicted molar refractivity (Wildman–Crippen MR) is 109 cm³/mol. The van der Waals surface area contributed by atoms with Crippen LogP contribution in [0, 0.1) is 6.92 Å². The maximum Gasteiger partial charge on any atom is 0.408 e. The number of fused-ring (bicyclic) bond motifs is 1. The zero-order chi connectivity index (χ0) is 23.2. The van der Waals surface area contributed by atoms with E-state index in [1.807, 2.05) is 0 Å². The summed E-state index contributed by atoms with van der Waals surface area (Å²) in [6, 6.07) is 2.89. The van der Waals surface area contributed by atoms with E-state index in [0.29, 0.717) is 39.7 Å². The second kappa shape index (κ2) is 7.81. The molecule has 4 rings (SSSR count). The van der Waals surface area contributed by atoms with Crippen LogP contribution >= 0.6 is 0 Å². The topological polar surface area (TPSA) is 82.4 Å². The highest BCUT2D eigenvalue weighted by Crippen LogP contribution is 2.40. The van der Waals surface area contributed by atoms with Crippen LogP contribution in [-0.4, -0.2) is 46.1 Å². The summed E-state index contributed by atoms with van der Waals surface area (Å²) in [6.07, 6.45) is -0.378. The minimum Gasteiger partial charge on any atom is -0.496 e. The number of ether oxygens (including phenoxy) is 2. The van der Waals surface area contributed by atoms with Gasteiger partial charge in [0.1, 0.15) is 12.3 Å². The fourth-order valence-corrected chi connectivity index (χ4v) is 3.81. The number of methoxy groups -OCH3 is 2. The third-order valence-corrected chi connectivity index (χ3v) is 5.25. The highest BCUT2D eigenvalue weighted by atomic mass is 19.4. The Kier molecular flexibility index (Phi) is 5.27. The van der Waals surface area contributed by atoms with E-state index in [4.69, 9.17) is 14.5 Å². The summed E-state index contributed by atoms with van der Waals surface area (Å²) in [6.45, 7) is 2.32. The molecular weight excluding hydrogens is 427 g/mol. The second-order valence-electron chi connectivity index (χ2n) is 7.37. The Hall–Kier alpha value is -3.63. The summed E-state index contributed by atoms with van der Waals surface area (Å²) in [5, 5.41) is 3.75. The average Bonchev–Trinajstić information content (AvgIpc) is 3.28. The first-order valence-electron chi connectivity index (χ1n) is 9.65. The number of anilines is 1. The van der Waals surface area contributed by atoms with Gasteiger partial charge in [-0.1, -0.05) is 0 Å². The van der Waals surface area contributed by atoms with Gasteiger partial charge in [0.05, 0.1) is 54.7 Å². The number of amides is 1. The van der Waals surface area contributed by atoms with E-state index in [-0.39, 0.29) is 11.6 Å². The number of pyridine rings is 2. The highest BCUT2D eigenvalue weighted by molar-refractivity contribution is 6.11. The molecule has 1 unspecified atom stereocenters. The van der Waals surface area contributed by atoms with Crippen molar-refractivity contribution in [3.63, 3.8) is 0 Å². The summed E-state index contributed by atoms with van der Waals surface area (Å²) in [5.74, 6) is 0.551. The standard InChI is InChI=1S/C21H20F3N5O3/c1-11-5-15(14-8-25-17(32-4)6-16(14)31-3)27-19-12(2)29(20(30)18(11)19)13-7-26-28(9-13)10-21(22,23)24/h5-9,12H,10H2,1-4H3. The van der Waals surface area contributed by atoms with E-state index < -0.39 is 18.8 Å². The molecule has 0 fully saturated rings. The zero-order valence-electron chi connectivity index (χ0n) is 17.8. The van der Waals surface area contributed by atoms with Gasteiger partial charge < -0.3 is 9.47 Å². The van der Waals surface area contributed by atoms with Gasteiger partial charge in [-0.2, -0.15) is 18.3 Å². The van der Waals surface area contributed by atoms with Gasteiger partial charge in [-0.15, -0.1) is 0 Å². The summed E-state index contributed by atoms with van der Waals surface area (Å²) >= 11 is 0. The zero-order valence-corrected chi connectivity index (χ0v) is 17.8. The molecule has 0 N–H and O–H groups in total. The molecule has 4 heterocycles. The molecule has 3 aromatic heterocycles. The van der Waals surface area contributed by atoms with Crippen LogP contribution in [0.2, 0.25) is 0 Å². The molecule has 0 spiro atoms. The summed E-state index contributed by atoms with van der Waals surface area (Å²) in [4.78, 5) is 23.5. The molecule has 1 aliphatic heterocycles. The van der Waals surface area contributed by atoms with E-state index in [2.05, 4.69) is 10.1 Å².